The van der Waals surface area contributed by atoms with Gasteiger partial charge in [0.1, 0.15) is 0 Å². The first-order valence-corrected chi connectivity index (χ1v) is 14.2. The maximum atomic E-state index is 6.30. The third-order valence-corrected chi connectivity index (χ3v) is 7.29. The van der Waals surface area contributed by atoms with Crippen LogP contribution in [0.5, 0.6) is 0 Å². The van der Waals surface area contributed by atoms with Gasteiger partial charge in [-0.2, -0.15) is 0 Å². The van der Waals surface area contributed by atoms with E-state index in [-0.39, 0.29) is 0 Å². The molecule has 198 valence electrons. The molecule has 0 bridgehead atoms. The van der Waals surface area contributed by atoms with Gasteiger partial charge >= 0.3 is 0 Å². The van der Waals surface area contributed by atoms with Crippen molar-refractivity contribution in [2.45, 2.75) is 6.42 Å². The van der Waals surface area contributed by atoms with Crippen molar-refractivity contribution in [1.82, 2.24) is 4.90 Å². The van der Waals surface area contributed by atoms with Crippen LogP contribution in [0.4, 0.5) is 0 Å². The highest BCUT2D eigenvalue weighted by atomic mass is 35.5. The fraction of sp³-hybridized carbons (Fsp3) is 0.105. The van der Waals surface area contributed by atoms with Crippen molar-refractivity contribution in [2.75, 3.05) is 19.6 Å². The van der Waals surface area contributed by atoms with Crippen molar-refractivity contribution < 1.29 is 0 Å². The summed E-state index contributed by atoms with van der Waals surface area (Å²) in [7, 11) is 0. The zero-order chi connectivity index (χ0) is 27.4. The van der Waals surface area contributed by atoms with Crippen LogP contribution in [0.3, 0.4) is 0 Å². The highest BCUT2D eigenvalue weighted by Crippen LogP contribution is 2.25. The van der Waals surface area contributed by atoms with Crippen molar-refractivity contribution >= 4 is 22.7 Å². The third kappa shape index (κ3) is 7.70. The molecule has 40 heavy (non-hydrogen) atoms. The maximum Gasteiger partial charge on any atom is 0.0408 e. The number of nitrogens with zero attached hydrogens (tertiary/aromatic N) is 1. The fourth-order valence-corrected chi connectivity index (χ4v) is 5.17. The van der Waals surface area contributed by atoms with Crippen molar-refractivity contribution in [3.05, 3.63) is 191 Å². The Morgan fingerprint density at radius 1 is 0.500 bits per heavy atom. The number of rotatable bonds is 11. The first-order valence-electron chi connectivity index (χ1n) is 13.8. The Morgan fingerprint density at radius 2 is 0.900 bits per heavy atom. The molecule has 5 aromatic carbocycles. The molecule has 0 saturated heterocycles. The summed E-state index contributed by atoms with van der Waals surface area (Å²) < 4.78 is 0. The summed E-state index contributed by atoms with van der Waals surface area (Å²) in [5.74, 6) is 0. The van der Waals surface area contributed by atoms with Gasteiger partial charge < -0.3 is 0 Å². The van der Waals surface area contributed by atoms with Gasteiger partial charge in [0.15, 0.2) is 0 Å². The second-order valence-electron chi connectivity index (χ2n) is 9.84. The van der Waals surface area contributed by atoms with E-state index in [2.05, 4.69) is 151 Å². The van der Waals surface area contributed by atoms with Gasteiger partial charge in [-0.3, -0.25) is 4.90 Å². The second kappa shape index (κ2) is 14.3. The van der Waals surface area contributed by atoms with Gasteiger partial charge in [-0.1, -0.05) is 157 Å². The van der Waals surface area contributed by atoms with E-state index in [0.29, 0.717) is 0 Å². The smallest absolute Gasteiger partial charge is 0.0408 e. The molecule has 0 aliphatic carbocycles. The first-order chi connectivity index (χ1) is 19.8. The zero-order valence-corrected chi connectivity index (χ0v) is 23.4. The highest BCUT2D eigenvalue weighted by molar-refractivity contribution is 6.30. The number of hydrogen-bond acceptors (Lipinski definition) is 1. The Bertz CT molecular complexity index is 1350. The van der Waals surface area contributed by atoms with Crippen LogP contribution < -0.4 is 0 Å². The molecule has 0 aliphatic rings. The van der Waals surface area contributed by atoms with E-state index in [1.807, 2.05) is 12.1 Å². The molecule has 1 nitrogen and oxygen atoms in total. The standard InChI is InChI=1S/C38H34ClN/c39-36-23-13-14-31(30-36)24-27-40(28-25-37(32-15-5-1-6-16-32)33-17-7-2-8-18-33)29-26-38(34-19-9-3-10-20-34)35-21-11-4-12-22-35/h1-23,25-26,30H,24,27-29H2. The Labute approximate surface area is 243 Å². The summed E-state index contributed by atoms with van der Waals surface area (Å²) in [6, 6.07) is 50.9. The molecule has 0 amide bonds. The number of benzene rings is 5. The predicted octanol–water partition coefficient (Wildman–Crippen LogP) is 9.45. The largest absolute Gasteiger partial charge is 0.296 e. The Morgan fingerprint density at radius 3 is 1.27 bits per heavy atom. The molecule has 0 fully saturated rings. The summed E-state index contributed by atoms with van der Waals surface area (Å²) in [6.45, 7) is 2.57. The summed E-state index contributed by atoms with van der Waals surface area (Å²) in [5, 5.41) is 0.787. The van der Waals surface area contributed by atoms with Crippen LogP contribution >= 0.6 is 11.6 Å². The molecule has 0 N–H and O–H groups in total. The molecule has 0 aliphatic heterocycles. The molecule has 0 atom stereocenters. The van der Waals surface area contributed by atoms with Gasteiger partial charge in [0.05, 0.1) is 0 Å². The van der Waals surface area contributed by atoms with Gasteiger partial charge in [-0.25, -0.2) is 0 Å². The monoisotopic (exact) mass is 539 g/mol. The lowest BCUT2D eigenvalue weighted by molar-refractivity contribution is 0.340. The lowest BCUT2D eigenvalue weighted by Crippen LogP contribution is -2.27. The molecule has 0 aromatic heterocycles. The third-order valence-electron chi connectivity index (χ3n) is 7.05. The van der Waals surface area contributed by atoms with Crippen LogP contribution in [0.2, 0.25) is 5.02 Å². The Kier molecular flexibility index (Phi) is 9.78. The number of halogens is 1. The molecule has 0 spiro atoms. The predicted molar refractivity (Wildman–Crippen MR) is 172 cm³/mol. The van der Waals surface area contributed by atoms with Crippen molar-refractivity contribution in [3.63, 3.8) is 0 Å². The van der Waals surface area contributed by atoms with E-state index in [1.54, 1.807) is 0 Å². The zero-order valence-electron chi connectivity index (χ0n) is 22.7. The van der Waals surface area contributed by atoms with Gasteiger partial charge in [0.2, 0.25) is 0 Å². The summed E-state index contributed by atoms with van der Waals surface area (Å²) in [4.78, 5) is 2.51. The summed E-state index contributed by atoms with van der Waals surface area (Å²) in [6.07, 6.45) is 5.68. The average Bonchev–Trinajstić information content (AvgIpc) is 3.02. The van der Waals surface area contributed by atoms with E-state index in [4.69, 9.17) is 11.6 Å². The molecule has 0 saturated carbocycles. The molecule has 0 heterocycles. The molecule has 0 unspecified atom stereocenters. The first kappa shape index (κ1) is 27.4. The molecule has 5 aromatic rings. The lowest BCUT2D eigenvalue weighted by Gasteiger charge is -2.21. The van der Waals surface area contributed by atoms with E-state index < -0.39 is 0 Å². The minimum absolute atomic E-state index is 0.787. The van der Waals surface area contributed by atoms with Gasteiger partial charge in [-0.05, 0) is 57.5 Å². The number of hydrogen-bond donors (Lipinski definition) is 0. The van der Waals surface area contributed by atoms with Crippen molar-refractivity contribution in [3.8, 4) is 0 Å². The van der Waals surface area contributed by atoms with Gasteiger partial charge in [0, 0.05) is 24.7 Å². The van der Waals surface area contributed by atoms with Crippen LogP contribution in [0, 0.1) is 0 Å². The minimum atomic E-state index is 0.787. The molecule has 2 heteroatoms. The lowest BCUT2D eigenvalue weighted by atomic mass is 9.97. The normalized spacial score (nSPS) is 10.8. The van der Waals surface area contributed by atoms with Crippen LogP contribution in [0.15, 0.2) is 158 Å². The van der Waals surface area contributed by atoms with E-state index in [9.17, 15) is 0 Å². The topological polar surface area (TPSA) is 3.24 Å². The van der Waals surface area contributed by atoms with Crippen LogP contribution in [0.1, 0.15) is 27.8 Å². The molecule has 5 rings (SSSR count). The Hall–Kier alpha value is -4.17. The highest BCUT2D eigenvalue weighted by Gasteiger charge is 2.10. The SMILES string of the molecule is Clc1cccc(CCN(CC=C(c2ccccc2)c2ccccc2)CC=C(c2ccccc2)c2ccccc2)c1. The van der Waals surface area contributed by atoms with Crippen LogP contribution in [-0.4, -0.2) is 24.5 Å². The summed E-state index contributed by atoms with van der Waals surface area (Å²) >= 11 is 6.30. The molecular weight excluding hydrogens is 506 g/mol. The maximum absolute atomic E-state index is 6.30. The molecule has 0 radical (unpaired) electrons. The molecular formula is C38H34ClN. The van der Waals surface area contributed by atoms with Crippen LogP contribution in [-0.2, 0) is 6.42 Å². The average molecular weight is 540 g/mol. The second-order valence-corrected chi connectivity index (χ2v) is 10.3. The van der Waals surface area contributed by atoms with E-state index in [1.165, 1.54) is 39.0 Å². The van der Waals surface area contributed by atoms with Gasteiger partial charge in [0.25, 0.3) is 0 Å². The quantitative estimate of drug-likeness (QED) is 0.161. The van der Waals surface area contributed by atoms with Crippen molar-refractivity contribution in [2.24, 2.45) is 0 Å². The van der Waals surface area contributed by atoms with E-state index >= 15 is 0 Å². The van der Waals surface area contributed by atoms with Crippen LogP contribution in [0.25, 0.3) is 11.1 Å². The minimum Gasteiger partial charge on any atom is -0.296 e. The van der Waals surface area contributed by atoms with E-state index in [0.717, 1.165) is 31.1 Å². The summed E-state index contributed by atoms with van der Waals surface area (Å²) in [5.41, 5.74) is 8.68. The fourth-order valence-electron chi connectivity index (χ4n) is 4.95. The Balaban J connectivity index is 1.47. The van der Waals surface area contributed by atoms with Crippen molar-refractivity contribution in [1.29, 1.82) is 0 Å². The van der Waals surface area contributed by atoms with Gasteiger partial charge in [-0.15, -0.1) is 0 Å².